The largest absolute Gasteiger partial charge is 0.379 e. The molecule has 0 unspecified atom stereocenters. The summed E-state index contributed by atoms with van der Waals surface area (Å²) in [6.07, 6.45) is 1.84. The number of unbranched alkanes of at least 4 members (excludes halogenated alkanes) is 1. The maximum Gasteiger partial charge on any atom is 0.251 e. The molecule has 1 heterocycles. The van der Waals surface area contributed by atoms with Crippen molar-refractivity contribution >= 4 is 5.91 Å². The maximum absolute atomic E-state index is 13.0. The lowest BCUT2D eigenvalue weighted by atomic mass is 10.2. The first kappa shape index (κ1) is 15.9. The fraction of sp³-hybridized carbons (Fsp3) is 0.533. The second kappa shape index (κ2) is 8.05. The molecule has 0 saturated carbocycles. The molecule has 0 aromatic heterocycles. The highest BCUT2D eigenvalue weighted by Crippen LogP contribution is 2.08. The third-order valence-electron chi connectivity index (χ3n) is 3.47. The van der Waals surface area contributed by atoms with Crippen LogP contribution in [0.3, 0.4) is 0 Å². The molecule has 1 aliphatic heterocycles. The highest BCUT2D eigenvalue weighted by atomic mass is 19.2. The highest BCUT2D eigenvalue weighted by molar-refractivity contribution is 5.94. The predicted molar refractivity (Wildman–Crippen MR) is 75.2 cm³/mol. The van der Waals surface area contributed by atoms with Crippen LogP contribution in [0.4, 0.5) is 8.78 Å². The van der Waals surface area contributed by atoms with Crippen molar-refractivity contribution in [2.45, 2.75) is 12.8 Å². The minimum Gasteiger partial charge on any atom is -0.379 e. The molecular weight excluding hydrogens is 278 g/mol. The van der Waals surface area contributed by atoms with E-state index in [1.165, 1.54) is 6.07 Å². The van der Waals surface area contributed by atoms with Gasteiger partial charge in [-0.05, 0) is 37.6 Å². The molecule has 21 heavy (non-hydrogen) atoms. The van der Waals surface area contributed by atoms with Gasteiger partial charge in [0.2, 0.25) is 0 Å². The number of rotatable bonds is 6. The molecule has 1 saturated heterocycles. The normalized spacial score (nSPS) is 15.9. The first-order valence-corrected chi connectivity index (χ1v) is 7.20. The van der Waals surface area contributed by atoms with Gasteiger partial charge in [-0.15, -0.1) is 0 Å². The SMILES string of the molecule is O=C(NCCCCN1CCOCC1)c1ccc(F)c(F)c1. The summed E-state index contributed by atoms with van der Waals surface area (Å²) in [5.74, 6) is -2.33. The van der Waals surface area contributed by atoms with E-state index in [1.54, 1.807) is 0 Å². The van der Waals surface area contributed by atoms with Crippen molar-refractivity contribution < 1.29 is 18.3 Å². The Labute approximate surface area is 123 Å². The summed E-state index contributed by atoms with van der Waals surface area (Å²) in [6, 6.07) is 3.16. The molecule has 1 fully saturated rings. The molecule has 116 valence electrons. The van der Waals surface area contributed by atoms with Crippen molar-refractivity contribution in [2.24, 2.45) is 0 Å². The van der Waals surface area contributed by atoms with Crippen LogP contribution < -0.4 is 5.32 Å². The first-order valence-electron chi connectivity index (χ1n) is 7.20. The quantitative estimate of drug-likeness (QED) is 0.814. The molecule has 1 N–H and O–H groups in total. The molecule has 1 amide bonds. The van der Waals surface area contributed by atoms with Gasteiger partial charge in [-0.3, -0.25) is 9.69 Å². The maximum atomic E-state index is 13.0. The molecule has 0 atom stereocenters. The van der Waals surface area contributed by atoms with Crippen LogP contribution in [0, 0.1) is 11.6 Å². The second-order valence-corrected chi connectivity index (χ2v) is 5.05. The number of hydrogen-bond donors (Lipinski definition) is 1. The van der Waals surface area contributed by atoms with Gasteiger partial charge in [-0.1, -0.05) is 0 Å². The number of amides is 1. The zero-order chi connectivity index (χ0) is 15.1. The molecule has 1 aliphatic rings. The molecule has 0 bridgehead atoms. The fourth-order valence-corrected chi connectivity index (χ4v) is 2.23. The van der Waals surface area contributed by atoms with E-state index in [0.29, 0.717) is 6.54 Å². The van der Waals surface area contributed by atoms with Crippen molar-refractivity contribution in [3.63, 3.8) is 0 Å². The summed E-state index contributed by atoms with van der Waals surface area (Å²) in [5, 5.41) is 2.71. The molecule has 1 aromatic carbocycles. The number of morpholine rings is 1. The standard InChI is InChI=1S/C15H20F2N2O2/c16-13-4-3-12(11-14(13)17)15(20)18-5-1-2-6-19-7-9-21-10-8-19/h3-4,11H,1-2,5-10H2,(H,18,20). The molecule has 0 radical (unpaired) electrons. The van der Waals surface area contributed by atoms with E-state index >= 15 is 0 Å². The van der Waals surface area contributed by atoms with Gasteiger partial charge in [0, 0.05) is 25.2 Å². The Morgan fingerprint density at radius 1 is 1.19 bits per heavy atom. The Morgan fingerprint density at radius 3 is 2.67 bits per heavy atom. The van der Waals surface area contributed by atoms with Crippen molar-refractivity contribution in [1.82, 2.24) is 10.2 Å². The van der Waals surface area contributed by atoms with Gasteiger partial charge >= 0.3 is 0 Å². The molecule has 0 aliphatic carbocycles. The number of carbonyl (C=O) groups excluding carboxylic acids is 1. The van der Waals surface area contributed by atoms with E-state index in [1.807, 2.05) is 0 Å². The Kier molecular flexibility index (Phi) is 6.07. The third kappa shape index (κ3) is 5.06. The molecule has 0 spiro atoms. The topological polar surface area (TPSA) is 41.6 Å². The molecule has 4 nitrogen and oxygen atoms in total. The number of hydrogen-bond acceptors (Lipinski definition) is 3. The zero-order valence-corrected chi connectivity index (χ0v) is 11.9. The minimum absolute atomic E-state index is 0.141. The van der Waals surface area contributed by atoms with Crippen molar-refractivity contribution in [2.75, 3.05) is 39.4 Å². The number of halogens is 2. The van der Waals surface area contributed by atoms with Crippen LogP contribution in [-0.2, 0) is 4.74 Å². The van der Waals surface area contributed by atoms with Gasteiger partial charge < -0.3 is 10.1 Å². The lowest BCUT2D eigenvalue weighted by molar-refractivity contribution is 0.0372. The molecular formula is C15H20F2N2O2. The van der Waals surface area contributed by atoms with Gasteiger partial charge in [0.05, 0.1) is 13.2 Å². The Morgan fingerprint density at radius 2 is 1.95 bits per heavy atom. The van der Waals surface area contributed by atoms with Crippen LogP contribution in [0.1, 0.15) is 23.2 Å². The zero-order valence-electron chi connectivity index (χ0n) is 11.9. The van der Waals surface area contributed by atoms with Crippen LogP contribution in [0.25, 0.3) is 0 Å². The smallest absolute Gasteiger partial charge is 0.251 e. The van der Waals surface area contributed by atoms with Gasteiger partial charge in [-0.25, -0.2) is 8.78 Å². The summed E-state index contributed by atoms with van der Waals surface area (Å²) in [4.78, 5) is 14.1. The van der Waals surface area contributed by atoms with E-state index in [2.05, 4.69) is 10.2 Å². The Balaban J connectivity index is 1.63. The van der Waals surface area contributed by atoms with Gasteiger partial charge in [0.1, 0.15) is 0 Å². The van der Waals surface area contributed by atoms with E-state index in [9.17, 15) is 13.6 Å². The number of carbonyl (C=O) groups is 1. The lowest BCUT2D eigenvalue weighted by Crippen LogP contribution is -2.37. The summed E-state index contributed by atoms with van der Waals surface area (Å²) >= 11 is 0. The lowest BCUT2D eigenvalue weighted by Gasteiger charge is -2.26. The van der Waals surface area contributed by atoms with Crippen LogP contribution >= 0.6 is 0 Å². The molecule has 1 aromatic rings. The van der Waals surface area contributed by atoms with E-state index in [-0.39, 0.29) is 11.5 Å². The molecule has 6 heteroatoms. The Bertz CT molecular complexity index is 477. The van der Waals surface area contributed by atoms with Crippen molar-refractivity contribution in [3.8, 4) is 0 Å². The van der Waals surface area contributed by atoms with Gasteiger partial charge in [-0.2, -0.15) is 0 Å². The summed E-state index contributed by atoms with van der Waals surface area (Å²) in [5.41, 5.74) is 0.141. The van der Waals surface area contributed by atoms with Gasteiger partial charge in [0.25, 0.3) is 5.91 Å². The number of nitrogens with one attached hydrogen (secondary N) is 1. The van der Waals surface area contributed by atoms with Crippen LogP contribution in [0.15, 0.2) is 18.2 Å². The monoisotopic (exact) mass is 298 g/mol. The highest BCUT2D eigenvalue weighted by Gasteiger charge is 2.10. The van der Waals surface area contributed by atoms with Crippen LogP contribution in [0.2, 0.25) is 0 Å². The van der Waals surface area contributed by atoms with Crippen LogP contribution in [0.5, 0.6) is 0 Å². The number of benzene rings is 1. The predicted octanol–water partition coefficient (Wildman–Crippen LogP) is 1.81. The van der Waals surface area contributed by atoms with Crippen LogP contribution in [-0.4, -0.2) is 50.2 Å². The number of nitrogens with zero attached hydrogens (tertiary/aromatic N) is 1. The summed E-state index contributed by atoms with van der Waals surface area (Å²) in [7, 11) is 0. The fourth-order valence-electron chi connectivity index (χ4n) is 2.23. The first-order chi connectivity index (χ1) is 10.2. The van der Waals surface area contributed by atoms with E-state index in [0.717, 1.165) is 57.8 Å². The van der Waals surface area contributed by atoms with Gasteiger partial charge in [0.15, 0.2) is 11.6 Å². The van der Waals surface area contributed by atoms with Crippen molar-refractivity contribution in [3.05, 3.63) is 35.4 Å². The third-order valence-corrected chi connectivity index (χ3v) is 3.47. The van der Waals surface area contributed by atoms with E-state index in [4.69, 9.17) is 4.74 Å². The average molecular weight is 298 g/mol. The minimum atomic E-state index is -1.00. The van der Waals surface area contributed by atoms with E-state index < -0.39 is 11.6 Å². The summed E-state index contributed by atoms with van der Waals surface area (Å²) in [6.45, 7) is 5.01. The summed E-state index contributed by atoms with van der Waals surface area (Å²) < 4.78 is 31.1. The average Bonchev–Trinajstić information content (AvgIpc) is 2.50. The number of ether oxygens (including phenoxy) is 1. The second-order valence-electron chi connectivity index (χ2n) is 5.05. The molecule has 2 rings (SSSR count). The van der Waals surface area contributed by atoms with Crippen molar-refractivity contribution in [1.29, 1.82) is 0 Å². The Hall–Kier alpha value is -1.53.